The standard InChI is InChI=1S/C14H23N3O2S/c1-2-10-16-20(18,19)13-6-4-12(5-7-13)17-14(11-15)8-3-9-14/h4-7,16-17H,2-3,8-11,15H2,1H3. The molecule has 6 heteroatoms. The van der Waals surface area contributed by atoms with Crippen molar-refractivity contribution in [3.63, 3.8) is 0 Å². The van der Waals surface area contributed by atoms with Crippen molar-refractivity contribution in [1.82, 2.24) is 4.72 Å². The van der Waals surface area contributed by atoms with Crippen LogP contribution < -0.4 is 15.8 Å². The second-order valence-corrected chi connectivity index (χ2v) is 7.15. The first-order valence-electron chi connectivity index (χ1n) is 7.09. The number of nitrogens with one attached hydrogen (secondary N) is 2. The summed E-state index contributed by atoms with van der Waals surface area (Å²) in [5.41, 5.74) is 6.72. The van der Waals surface area contributed by atoms with Crippen molar-refractivity contribution in [1.29, 1.82) is 0 Å². The van der Waals surface area contributed by atoms with Gasteiger partial charge in [0.05, 0.1) is 4.90 Å². The highest BCUT2D eigenvalue weighted by Gasteiger charge is 2.35. The summed E-state index contributed by atoms with van der Waals surface area (Å²) in [6.07, 6.45) is 4.11. The first kappa shape index (κ1) is 15.3. The molecule has 1 aromatic rings. The maximum Gasteiger partial charge on any atom is 0.240 e. The van der Waals surface area contributed by atoms with Crippen molar-refractivity contribution >= 4 is 15.7 Å². The fourth-order valence-corrected chi connectivity index (χ4v) is 3.46. The largest absolute Gasteiger partial charge is 0.378 e. The van der Waals surface area contributed by atoms with Crippen LogP contribution in [0.2, 0.25) is 0 Å². The highest BCUT2D eigenvalue weighted by atomic mass is 32.2. The summed E-state index contributed by atoms with van der Waals surface area (Å²) in [5, 5.41) is 3.42. The zero-order valence-corrected chi connectivity index (χ0v) is 12.7. The molecule has 0 unspecified atom stereocenters. The number of anilines is 1. The van der Waals surface area contributed by atoms with E-state index in [0.29, 0.717) is 18.0 Å². The van der Waals surface area contributed by atoms with E-state index in [2.05, 4.69) is 10.0 Å². The summed E-state index contributed by atoms with van der Waals surface area (Å²) in [5.74, 6) is 0. The van der Waals surface area contributed by atoms with E-state index in [-0.39, 0.29) is 5.54 Å². The molecule has 0 saturated heterocycles. The third kappa shape index (κ3) is 3.31. The Kier molecular flexibility index (Phi) is 4.67. The molecule has 0 heterocycles. The van der Waals surface area contributed by atoms with Gasteiger partial charge in [-0.25, -0.2) is 13.1 Å². The van der Waals surface area contributed by atoms with Crippen LogP contribution in [0.1, 0.15) is 32.6 Å². The van der Waals surface area contributed by atoms with Gasteiger partial charge in [-0.3, -0.25) is 0 Å². The third-order valence-electron chi connectivity index (χ3n) is 3.82. The van der Waals surface area contributed by atoms with Gasteiger partial charge >= 0.3 is 0 Å². The lowest BCUT2D eigenvalue weighted by molar-refractivity contribution is 0.287. The zero-order valence-electron chi connectivity index (χ0n) is 11.9. The minimum atomic E-state index is -3.38. The Morgan fingerprint density at radius 3 is 2.35 bits per heavy atom. The summed E-state index contributed by atoms with van der Waals surface area (Å²) in [6.45, 7) is 2.99. The average molecular weight is 297 g/mol. The Bertz CT molecular complexity index is 531. The number of benzene rings is 1. The summed E-state index contributed by atoms with van der Waals surface area (Å²) >= 11 is 0. The van der Waals surface area contributed by atoms with Gasteiger partial charge < -0.3 is 11.1 Å². The lowest BCUT2D eigenvalue weighted by Crippen LogP contribution is -2.51. The molecule has 0 radical (unpaired) electrons. The summed E-state index contributed by atoms with van der Waals surface area (Å²) < 4.78 is 26.5. The Balaban J connectivity index is 2.06. The van der Waals surface area contributed by atoms with Crippen molar-refractivity contribution in [3.05, 3.63) is 24.3 Å². The maximum absolute atomic E-state index is 12.0. The van der Waals surface area contributed by atoms with Crippen molar-refractivity contribution < 1.29 is 8.42 Å². The maximum atomic E-state index is 12.0. The van der Waals surface area contributed by atoms with Gasteiger partial charge in [0.25, 0.3) is 0 Å². The van der Waals surface area contributed by atoms with Crippen LogP contribution in [0, 0.1) is 0 Å². The van der Waals surface area contributed by atoms with Crippen molar-refractivity contribution in [2.45, 2.75) is 43.0 Å². The second kappa shape index (κ2) is 6.11. The van der Waals surface area contributed by atoms with Crippen LogP contribution in [0.4, 0.5) is 5.69 Å². The van der Waals surface area contributed by atoms with E-state index in [1.807, 2.05) is 6.92 Å². The van der Waals surface area contributed by atoms with E-state index >= 15 is 0 Å². The predicted molar refractivity (Wildman–Crippen MR) is 81.2 cm³/mol. The van der Waals surface area contributed by atoms with E-state index in [4.69, 9.17) is 5.73 Å². The van der Waals surface area contributed by atoms with Gasteiger partial charge in [-0.1, -0.05) is 6.92 Å². The summed E-state index contributed by atoms with van der Waals surface area (Å²) in [7, 11) is -3.38. The SMILES string of the molecule is CCCNS(=O)(=O)c1ccc(NC2(CN)CCC2)cc1. The molecule has 20 heavy (non-hydrogen) atoms. The van der Waals surface area contributed by atoms with Crippen molar-refractivity contribution in [2.24, 2.45) is 5.73 Å². The topological polar surface area (TPSA) is 84.2 Å². The molecule has 1 aromatic carbocycles. The van der Waals surface area contributed by atoms with Gasteiger partial charge in [-0.2, -0.15) is 0 Å². The van der Waals surface area contributed by atoms with Gasteiger partial charge in [0.2, 0.25) is 10.0 Å². The third-order valence-corrected chi connectivity index (χ3v) is 5.29. The van der Waals surface area contributed by atoms with Gasteiger partial charge in [0.15, 0.2) is 0 Å². The molecule has 5 nitrogen and oxygen atoms in total. The molecule has 0 aliphatic heterocycles. The second-order valence-electron chi connectivity index (χ2n) is 5.39. The average Bonchev–Trinajstić information content (AvgIpc) is 2.41. The molecular formula is C14H23N3O2S. The molecular weight excluding hydrogens is 274 g/mol. The Labute approximate surface area is 121 Å². The molecule has 1 saturated carbocycles. The summed E-state index contributed by atoms with van der Waals surface area (Å²) in [4.78, 5) is 0.298. The van der Waals surface area contributed by atoms with Crippen LogP contribution >= 0.6 is 0 Å². The van der Waals surface area contributed by atoms with Crippen LogP contribution in [-0.4, -0.2) is 27.0 Å². The monoisotopic (exact) mass is 297 g/mol. The molecule has 112 valence electrons. The molecule has 0 amide bonds. The fraction of sp³-hybridized carbons (Fsp3) is 0.571. The molecule has 0 atom stereocenters. The van der Waals surface area contributed by atoms with Crippen LogP contribution in [0.25, 0.3) is 0 Å². The van der Waals surface area contributed by atoms with Crippen LogP contribution in [0.15, 0.2) is 29.2 Å². The summed E-state index contributed by atoms with van der Waals surface area (Å²) in [6, 6.07) is 6.86. The van der Waals surface area contributed by atoms with Crippen LogP contribution in [0.3, 0.4) is 0 Å². The highest BCUT2D eigenvalue weighted by Crippen LogP contribution is 2.34. The smallest absolute Gasteiger partial charge is 0.240 e. The molecule has 0 spiro atoms. The van der Waals surface area contributed by atoms with Crippen molar-refractivity contribution in [3.8, 4) is 0 Å². The van der Waals surface area contributed by atoms with E-state index < -0.39 is 10.0 Å². The predicted octanol–water partition coefficient (Wildman–Crippen LogP) is 1.67. The Morgan fingerprint density at radius 2 is 1.90 bits per heavy atom. The first-order valence-corrected chi connectivity index (χ1v) is 8.58. The lowest BCUT2D eigenvalue weighted by Gasteiger charge is -2.42. The Morgan fingerprint density at radius 1 is 1.25 bits per heavy atom. The zero-order chi connectivity index (χ0) is 14.6. The fourth-order valence-electron chi connectivity index (χ4n) is 2.33. The molecule has 1 aliphatic carbocycles. The Hall–Kier alpha value is -1.11. The first-order chi connectivity index (χ1) is 9.51. The molecule has 1 fully saturated rings. The van der Waals surface area contributed by atoms with E-state index in [1.54, 1.807) is 24.3 Å². The highest BCUT2D eigenvalue weighted by molar-refractivity contribution is 7.89. The molecule has 2 rings (SSSR count). The number of sulfonamides is 1. The van der Waals surface area contributed by atoms with Crippen LogP contribution in [0.5, 0.6) is 0 Å². The molecule has 4 N–H and O–H groups in total. The normalized spacial score (nSPS) is 17.5. The van der Waals surface area contributed by atoms with Crippen molar-refractivity contribution in [2.75, 3.05) is 18.4 Å². The van der Waals surface area contributed by atoms with Gasteiger partial charge in [-0.15, -0.1) is 0 Å². The van der Waals surface area contributed by atoms with Gasteiger partial charge in [-0.05, 0) is 49.9 Å². The minimum Gasteiger partial charge on any atom is -0.378 e. The number of hydrogen-bond acceptors (Lipinski definition) is 4. The molecule has 1 aliphatic rings. The lowest BCUT2D eigenvalue weighted by atomic mass is 9.76. The van der Waals surface area contributed by atoms with E-state index in [1.165, 1.54) is 6.42 Å². The molecule has 0 bridgehead atoms. The van der Waals surface area contributed by atoms with Gasteiger partial charge in [0, 0.05) is 24.3 Å². The van der Waals surface area contributed by atoms with Gasteiger partial charge in [0.1, 0.15) is 0 Å². The minimum absolute atomic E-state index is 0.000846. The number of hydrogen-bond donors (Lipinski definition) is 3. The van der Waals surface area contributed by atoms with Crippen LogP contribution in [-0.2, 0) is 10.0 Å². The van der Waals surface area contributed by atoms with E-state index in [9.17, 15) is 8.42 Å². The molecule has 0 aromatic heterocycles. The number of rotatable bonds is 7. The van der Waals surface area contributed by atoms with E-state index in [0.717, 1.165) is 24.9 Å². The number of nitrogens with two attached hydrogens (primary N) is 1. The quantitative estimate of drug-likeness (QED) is 0.715.